The first-order valence-corrected chi connectivity index (χ1v) is 9.48. The molecule has 0 aliphatic carbocycles. The zero-order valence-corrected chi connectivity index (χ0v) is 14.8. The van der Waals surface area contributed by atoms with Gasteiger partial charge in [0.1, 0.15) is 17.3 Å². The Morgan fingerprint density at radius 2 is 1.81 bits per heavy atom. The SMILES string of the molecule is Cc1ccc(NC(=O)c2ccc(CS(=O)(=O)c3ccccc3)o2)c(O)c1. The molecule has 0 spiro atoms. The Balaban J connectivity index is 1.74. The maximum Gasteiger partial charge on any atom is 0.291 e. The maximum atomic E-state index is 12.4. The summed E-state index contributed by atoms with van der Waals surface area (Å²) in [5.41, 5.74) is 1.10. The van der Waals surface area contributed by atoms with Gasteiger partial charge in [-0.3, -0.25) is 4.79 Å². The number of nitrogens with one attached hydrogen (secondary N) is 1. The minimum absolute atomic E-state index is 0.0387. The Morgan fingerprint density at radius 1 is 1.08 bits per heavy atom. The van der Waals surface area contributed by atoms with Gasteiger partial charge in [-0.2, -0.15) is 0 Å². The third kappa shape index (κ3) is 3.94. The summed E-state index contributed by atoms with van der Waals surface area (Å²) in [5, 5.41) is 12.4. The molecular weight excluding hydrogens is 354 g/mol. The molecule has 0 atom stereocenters. The lowest BCUT2D eigenvalue weighted by Gasteiger charge is -2.06. The standard InChI is InChI=1S/C19H17NO5S/c1-13-7-9-16(17(21)11-13)20-19(22)18-10-8-14(25-18)12-26(23,24)15-5-3-2-4-6-15/h2-11,21H,12H2,1H3,(H,20,22). The number of aromatic hydroxyl groups is 1. The Bertz CT molecular complexity index is 1040. The largest absolute Gasteiger partial charge is 0.506 e. The van der Waals surface area contributed by atoms with Crippen molar-refractivity contribution in [1.29, 1.82) is 0 Å². The summed E-state index contributed by atoms with van der Waals surface area (Å²) in [4.78, 5) is 12.4. The van der Waals surface area contributed by atoms with Gasteiger partial charge in [0.25, 0.3) is 5.91 Å². The van der Waals surface area contributed by atoms with E-state index >= 15 is 0 Å². The number of benzene rings is 2. The Kier molecular flexibility index (Phi) is 4.81. The summed E-state index contributed by atoms with van der Waals surface area (Å²) >= 11 is 0. The van der Waals surface area contributed by atoms with E-state index < -0.39 is 15.7 Å². The van der Waals surface area contributed by atoms with Crippen molar-refractivity contribution in [3.8, 4) is 5.75 Å². The highest BCUT2D eigenvalue weighted by atomic mass is 32.2. The maximum absolute atomic E-state index is 12.4. The average molecular weight is 371 g/mol. The molecule has 3 rings (SSSR count). The highest BCUT2D eigenvalue weighted by Crippen LogP contribution is 2.25. The van der Waals surface area contributed by atoms with Crippen LogP contribution in [0.2, 0.25) is 0 Å². The highest BCUT2D eigenvalue weighted by molar-refractivity contribution is 7.90. The predicted molar refractivity (Wildman–Crippen MR) is 96.8 cm³/mol. The van der Waals surface area contributed by atoms with Crippen LogP contribution in [0.4, 0.5) is 5.69 Å². The van der Waals surface area contributed by atoms with Gasteiger partial charge in [0, 0.05) is 0 Å². The summed E-state index contributed by atoms with van der Waals surface area (Å²) in [6.07, 6.45) is 0. The summed E-state index contributed by atoms with van der Waals surface area (Å²) in [6, 6.07) is 15.7. The Labute approximate surface area is 151 Å². The molecule has 0 unspecified atom stereocenters. The fourth-order valence-electron chi connectivity index (χ4n) is 2.41. The van der Waals surface area contributed by atoms with E-state index in [1.807, 2.05) is 6.92 Å². The Hall–Kier alpha value is -3.06. The van der Waals surface area contributed by atoms with Crippen LogP contribution in [0.15, 0.2) is 70.0 Å². The molecule has 0 aliphatic heterocycles. The van der Waals surface area contributed by atoms with E-state index in [2.05, 4.69) is 5.32 Å². The molecule has 0 bridgehead atoms. The van der Waals surface area contributed by atoms with E-state index in [-0.39, 0.29) is 33.6 Å². The van der Waals surface area contributed by atoms with Crippen molar-refractivity contribution in [2.45, 2.75) is 17.6 Å². The minimum atomic E-state index is -3.56. The molecule has 1 aromatic heterocycles. The lowest BCUT2D eigenvalue weighted by molar-refractivity contribution is 0.0994. The number of furan rings is 1. The first-order valence-electron chi connectivity index (χ1n) is 7.83. The highest BCUT2D eigenvalue weighted by Gasteiger charge is 2.19. The van der Waals surface area contributed by atoms with Crippen LogP contribution in [0.25, 0.3) is 0 Å². The van der Waals surface area contributed by atoms with Crippen molar-refractivity contribution in [1.82, 2.24) is 0 Å². The van der Waals surface area contributed by atoms with Crippen LogP contribution in [0.3, 0.4) is 0 Å². The summed E-state index contributed by atoms with van der Waals surface area (Å²) in [7, 11) is -3.56. The second kappa shape index (κ2) is 7.05. The number of hydrogen-bond donors (Lipinski definition) is 2. The number of aryl methyl sites for hydroxylation is 1. The molecule has 2 N–H and O–H groups in total. The number of carbonyl (C=O) groups is 1. The van der Waals surface area contributed by atoms with Crippen LogP contribution in [0.5, 0.6) is 5.75 Å². The van der Waals surface area contributed by atoms with Crippen LogP contribution >= 0.6 is 0 Å². The van der Waals surface area contributed by atoms with E-state index in [1.165, 1.54) is 30.3 Å². The molecule has 26 heavy (non-hydrogen) atoms. The van der Waals surface area contributed by atoms with Crippen molar-refractivity contribution in [2.24, 2.45) is 0 Å². The quantitative estimate of drug-likeness (QED) is 0.669. The number of sulfone groups is 1. The lowest BCUT2D eigenvalue weighted by atomic mass is 10.2. The van der Waals surface area contributed by atoms with Crippen LogP contribution < -0.4 is 5.32 Å². The van der Waals surface area contributed by atoms with E-state index in [1.54, 1.807) is 30.3 Å². The molecule has 6 nitrogen and oxygen atoms in total. The van der Waals surface area contributed by atoms with Gasteiger partial charge in [0.15, 0.2) is 15.6 Å². The van der Waals surface area contributed by atoms with Crippen molar-refractivity contribution in [3.05, 3.63) is 77.7 Å². The second-order valence-corrected chi connectivity index (χ2v) is 7.80. The van der Waals surface area contributed by atoms with Gasteiger partial charge in [-0.25, -0.2) is 8.42 Å². The van der Waals surface area contributed by atoms with Crippen LogP contribution in [-0.2, 0) is 15.6 Å². The van der Waals surface area contributed by atoms with Crippen LogP contribution in [0, 0.1) is 6.92 Å². The molecule has 0 saturated carbocycles. The van der Waals surface area contributed by atoms with Gasteiger partial charge in [-0.15, -0.1) is 0 Å². The van der Waals surface area contributed by atoms with Crippen molar-refractivity contribution >= 4 is 21.4 Å². The van der Waals surface area contributed by atoms with Crippen molar-refractivity contribution in [2.75, 3.05) is 5.32 Å². The second-order valence-electron chi connectivity index (χ2n) is 5.81. The number of anilines is 1. The average Bonchev–Trinajstić information content (AvgIpc) is 3.06. The third-order valence-electron chi connectivity index (χ3n) is 3.72. The third-order valence-corrected chi connectivity index (χ3v) is 5.38. The van der Waals surface area contributed by atoms with Crippen molar-refractivity contribution in [3.63, 3.8) is 0 Å². The number of amides is 1. The van der Waals surface area contributed by atoms with E-state index in [0.29, 0.717) is 0 Å². The molecule has 0 radical (unpaired) electrons. The molecular formula is C19H17NO5S. The molecule has 0 fully saturated rings. The number of hydrogen-bond acceptors (Lipinski definition) is 5. The first kappa shape index (κ1) is 17.8. The molecule has 3 aromatic rings. The van der Waals surface area contributed by atoms with Gasteiger partial charge in [-0.1, -0.05) is 24.3 Å². The molecule has 0 saturated heterocycles. The topological polar surface area (TPSA) is 96.6 Å². The lowest BCUT2D eigenvalue weighted by Crippen LogP contribution is -2.11. The first-order chi connectivity index (χ1) is 12.3. The normalized spacial score (nSPS) is 11.3. The monoisotopic (exact) mass is 371 g/mol. The van der Waals surface area contributed by atoms with Gasteiger partial charge in [-0.05, 0) is 48.9 Å². The summed E-state index contributed by atoms with van der Waals surface area (Å²) < 4.78 is 30.1. The van der Waals surface area contributed by atoms with Gasteiger partial charge in [0.05, 0.1) is 10.6 Å². The number of phenols is 1. The molecule has 2 aromatic carbocycles. The van der Waals surface area contributed by atoms with E-state index in [4.69, 9.17) is 4.42 Å². The van der Waals surface area contributed by atoms with Gasteiger partial charge >= 0.3 is 0 Å². The fourth-order valence-corrected chi connectivity index (χ4v) is 3.68. The van der Waals surface area contributed by atoms with Crippen LogP contribution in [0.1, 0.15) is 21.9 Å². The number of phenolic OH excluding ortho intramolecular Hbond substituents is 1. The summed E-state index contributed by atoms with van der Waals surface area (Å²) in [6.45, 7) is 1.82. The molecule has 7 heteroatoms. The molecule has 134 valence electrons. The summed E-state index contributed by atoms with van der Waals surface area (Å²) in [5.74, 6) is -0.861. The van der Waals surface area contributed by atoms with Crippen LogP contribution in [-0.4, -0.2) is 19.4 Å². The fraction of sp³-hybridized carbons (Fsp3) is 0.105. The molecule has 0 aliphatic rings. The number of rotatable bonds is 5. The number of carbonyl (C=O) groups excluding carboxylic acids is 1. The van der Waals surface area contributed by atoms with Gasteiger partial charge in [0.2, 0.25) is 0 Å². The molecule has 1 heterocycles. The zero-order valence-electron chi connectivity index (χ0n) is 14.0. The zero-order chi connectivity index (χ0) is 18.7. The van der Waals surface area contributed by atoms with E-state index in [9.17, 15) is 18.3 Å². The van der Waals surface area contributed by atoms with Crippen molar-refractivity contribution < 1.29 is 22.7 Å². The minimum Gasteiger partial charge on any atom is -0.506 e. The van der Waals surface area contributed by atoms with E-state index in [0.717, 1.165) is 5.56 Å². The smallest absolute Gasteiger partial charge is 0.291 e. The van der Waals surface area contributed by atoms with Gasteiger partial charge < -0.3 is 14.8 Å². The Morgan fingerprint density at radius 3 is 2.50 bits per heavy atom. The molecule has 1 amide bonds. The predicted octanol–water partition coefficient (Wildman–Crippen LogP) is 3.52.